The van der Waals surface area contributed by atoms with E-state index in [1.807, 2.05) is 24.3 Å². The van der Waals surface area contributed by atoms with E-state index < -0.39 is 6.04 Å². The van der Waals surface area contributed by atoms with Crippen LogP contribution in [0.4, 0.5) is 0 Å². The third kappa shape index (κ3) is 4.84. The highest BCUT2D eigenvalue weighted by atomic mass is 35.5. The summed E-state index contributed by atoms with van der Waals surface area (Å²) in [7, 11) is 0. The maximum Gasteiger partial charge on any atom is 0.234 e. The van der Waals surface area contributed by atoms with Crippen molar-refractivity contribution in [3.05, 3.63) is 93.6 Å². The number of hydrogen-bond acceptors (Lipinski definition) is 6. The van der Waals surface area contributed by atoms with E-state index >= 15 is 0 Å². The first-order valence-corrected chi connectivity index (χ1v) is 11.7. The third-order valence-corrected chi connectivity index (χ3v) is 6.39. The maximum absolute atomic E-state index is 13.0. The van der Waals surface area contributed by atoms with Crippen LogP contribution in [0.25, 0.3) is 10.9 Å². The molecule has 1 unspecified atom stereocenters. The number of rotatable bonds is 7. The third-order valence-electron chi connectivity index (χ3n) is 5.73. The van der Waals surface area contributed by atoms with Gasteiger partial charge in [-0.1, -0.05) is 47.5 Å². The molecular weight excluding hydrogens is 489 g/mol. The van der Waals surface area contributed by atoms with Crippen LogP contribution in [-0.2, 0) is 11.3 Å². The quantitative estimate of drug-likeness (QED) is 0.325. The van der Waals surface area contributed by atoms with Gasteiger partial charge in [-0.3, -0.25) is 9.78 Å². The van der Waals surface area contributed by atoms with Gasteiger partial charge in [0.15, 0.2) is 11.5 Å². The summed E-state index contributed by atoms with van der Waals surface area (Å²) >= 11 is 13.0. The van der Waals surface area contributed by atoms with E-state index in [1.54, 1.807) is 42.6 Å². The van der Waals surface area contributed by atoms with Crippen LogP contribution in [0.2, 0.25) is 10.0 Å². The van der Waals surface area contributed by atoms with Crippen molar-refractivity contribution in [2.24, 2.45) is 0 Å². The van der Waals surface area contributed by atoms with Crippen LogP contribution >= 0.6 is 23.2 Å². The Morgan fingerprint density at radius 2 is 1.83 bits per heavy atom. The van der Waals surface area contributed by atoms with E-state index in [1.165, 1.54) is 0 Å². The molecule has 1 amide bonds. The van der Waals surface area contributed by atoms with E-state index in [0.29, 0.717) is 50.1 Å². The fourth-order valence-electron chi connectivity index (χ4n) is 4.04. The predicted molar refractivity (Wildman–Crippen MR) is 134 cm³/mol. The molecule has 5 rings (SSSR count). The first-order valence-electron chi connectivity index (χ1n) is 10.9. The number of ether oxygens (including phenoxy) is 2. The number of fused-ring (bicyclic) bond motifs is 2. The monoisotopic (exact) mass is 509 g/mol. The van der Waals surface area contributed by atoms with E-state index in [4.69, 9.17) is 32.7 Å². The largest absolute Gasteiger partial charge is 0.505 e. The molecule has 1 aliphatic rings. The number of aromatic hydroxyl groups is 1. The van der Waals surface area contributed by atoms with E-state index in [9.17, 15) is 9.90 Å². The van der Waals surface area contributed by atoms with Crippen molar-refractivity contribution in [1.82, 2.24) is 15.6 Å². The smallest absolute Gasteiger partial charge is 0.234 e. The van der Waals surface area contributed by atoms with Crippen molar-refractivity contribution in [2.45, 2.75) is 12.6 Å². The summed E-state index contributed by atoms with van der Waals surface area (Å²) in [4.78, 5) is 17.2. The lowest BCUT2D eigenvalue weighted by molar-refractivity contribution is -0.120. The van der Waals surface area contributed by atoms with Crippen LogP contribution in [0.5, 0.6) is 17.2 Å². The SMILES string of the molecule is O=C(CNCc1ccc2c(c1)OCO2)NC(c1ccccc1Cl)c1cc(Cl)c2cccnc2c1O. The normalized spacial score (nSPS) is 13.1. The molecule has 0 spiro atoms. The number of carbonyl (C=O) groups excluding carboxylic acids is 1. The number of benzene rings is 3. The zero-order valence-electron chi connectivity index (χ0n) is 18.4. The van der Waals surface area contributed by atoms with Crippen molar-refractivity contribution in [2.75, 3.05) is 13.3 Å². The summed E-state index contributed by atoms with van der Waals surface area (Å²) in [5.41, 5.74) is 2.33. The molecule has 35 heavy (non-hydrogen) atoms. The molecule has 2 heterocycles. The van der Waals surface area contributed by atoms with Gasteiger partial charge < -0.3 is 25.2 Å². The van der Waals surface area contributed by atoms with Gasteiger partial charge in [-0.15, -0.1) is 0 Å². The van der Waals surface area contributed by atoms with Crippen molar-refractivity contribution in [3.8, 4) is 17.2 Å². The molecule has 7 nitrogen and oxygen atoms in total. The lowest BCUT2D eigenvalue weighted by Crippen LogP contribution is -2.36. The van der Waals surface area contributed by atoms with Crippen molar-refractivity contribution >= 4 is 40.0 Å². The average molecular weight is 510 g/mol. The zero-order chi connectivity index (χ0) is 24.4. The number of hydrogen-bond donors (Lipinski definition) is 3. The second-order valence-electron chi connectivity index (χ2n) is 8.01. The minimum atomic E-state index is -0.743. The van der Waals surface area contributed by atoms with Gasteiger partial charge in [-0.25, -0.2) is 0 Å². The number of carbonyl (C=O) groups is 1. The molecule has 3 aromatic carbocycles. The molecule has 0 saturated carbocycles. The second kappa shape index (κ2) is 10.00. The van der Waals surface area contributed by atoms with Gasteiger partial charge in [0.25, 0.3) is 0 Å². The van der Waals surface area contributed by atoms with Gasteiger partial charge in [0.1, 0.15) is 11.3 Å². The Kier molecular flexibility index (Phi) is 6.63. The number of aromatic nitrogens is 1. The number of nitrogens with zero attached hydrogens (tertiary/aromatic N) is 1. The lowest BCUT2D eigenvalue weighted by Gasteiger charge is -2.23. The number of halogens is 2. The van der Waals surface area contributed by atoms with Gasteiger partial charge in [0, 0.05) is 28.7 Å². The van der Waals surface area contributed by atoms with Gasteiger partial charge in [0.2, 0.25) is 12.7 Å². The summed E-state index contributed by atoms with van der Waals surface area (Å²) in [6.07, 6.45) is 1.57. The maximum atomic E-state index is 13.0. The van der Waals surface area contributed by atoms with Crippen molar-refractivity contribution in [1.29, 1.82) is 0 Å². The summed E-state index contributed by atoms with van der Waals surface area (Å²) in [5.74, 6) is 1.04. The minimum Gasteiger partial charge on any atom is -0.505 e. The Hall–Kier alpha value is -3.52. The Morgan fingerprint density at radius 1 is 1.00 bits per heavy atom. The van der Waals surface area contributed by atoms with E-state index in [-0.39, 0.29) is 25.0 Å². The Bertz CT molecular complexity index is 1410. The lowest BCUT2D eigenvalue weighted by atomic mass is 9.96. The number of nitrogens with one attached hydrogen (secondary N) is 2. The Balaban J connectivity index is 1.37. The number of pyridine rings is 1. The van der Waals surface area contributed by atoms with Crippen LogP contribution in [0.15, 0.2) is 66.9 Å². The minimum absolute atomic E-state index is 0.0374. The molecule has 0 saturated heterocycles. The second-order valence-corrected chi connectivity index (χ2v) is 8.82. The molecule has 0 fully saturated rings. The molecule has 1 aliphatic heterocycles. The highest BCUT2D eigenvalue weighted by molar-refractivity contribution is 6.35. The summed E-state index contributed by atoms with van der Waals surface area (Å²) in [6.45, 7) is 0.701. The van der Waals surface area contributed by atoms with E-state index in [0.717, 1.165) is 5.56 Å². The van der Waals surface area contributed by atoms with Crippen LogP contribution in [0.3, 0.4) is 0 Å². The molecule has 0 aliphatic carbocycles. The molecule has 3 N–H and O–H groups in total. The van der Waals surface area contributed by atoms with E-state index in [2.05, 4.69) is 15.6 Å². The highest BCUT2D eigenvalue weighted by Gasteiger charge is 2.25. The topological polar surface area (TPSA) is 92.7 Å². The van der Waals surface area contributed by atoms with Gasteiger partial charge >= 0.3 is 0 Å². The summed E-state index contributed by atoms with van der Waals surface area (Å²) < 4.78 is 10.7. The summed E-state index contributed by atoms with van der Waals surface area (Å²) in [6, 6.07) is 17.2. The highest BCUT2D eigenvalue weighted by Crippen LogP contribution is 2.39. The zero-order valence-corrected chi connectivity index (χ0v) is 19.9. The number of amides is 1. The molecule has 0 bridgehead atoms. The fourth-order valence-corrected chi connectivity index (χ4v) is 4.56. The standard InChI is InChI=1S/C26H21Cl2N3O4/c27-19-6-2-1-4-16(19)24(18-11-20(28)17-5-3-9-30-25(17)26(18)33)31-23(32)13-29-12-15-7-8-21-22(10-15)35-14-34-21/h1-11,24,29,33H,12-14H2,(H,31,32). The fraction of sp³-hybridized carbons (Fsp3) is 0.154. The molecule has 1 atom stereocenters. The first-order chi connectivity index (χ1) is 17.0. The van der Waals surface area contributed by atoms with Gasteiger partial charge in [-0.2, -0.15) is 0 Å². The van der Waals surface area contributed by atoms with Crippen molar-refractivity contribution in [3.63, 3.8) is 0 Å². The molecule has 1 aromatic heterocycles. The van der Waals surface area contributed by atoms with Crippen LogP contribution < -0.4 is 20.1 Å². The number of phenolic OH excluding ortho intramolecular Hbond substituents is 1. The first kappa shape index (κ1) is 23.2. The van der Waals surface area contributed by atoms with Crippen LogP contribution in [0, 0.1) is 0 Å². The molecule has 9 heteroatoms. The predicted octanol–water partition coefficient (Wildman–Crippen LogP) is 4.97. The van der Waals surface area contributed by atoms with Crippen LogP contribution in [0.1, 0.15) is 22.7 Å². The average Bonchev–Trinajstić information content (AvgIpc) is 3.33. The summed E-state index contributed by atoms with van der Waals surface area (Å²) in [5, 5.41) is 18.6. The van der Waals surface area contributed by atoms with Gasteiger partial charge in [0.05, 0.1) is 17.6 Å². The van der Waals surface area contributed by atoms with Crippen molar-refractivity contribution < 1.29 is 19.4 Å². The molecule has 4 aromatic rings. The van der Waals surface area contributed by atoms with Crippen LogP contribution in [-0.4, -0.2) is 29.3 Å². The molecular formula is C26H21Cl2N3O4. The molecule has 0 radical (unpaired) electrons. The Labute approximate surface area is 211 Å². The number of phenols is 1. The Morgan fingerprint density at radius 3 is 2.69 bits per heavy atom. The molecule has 178 valence electrons. The van der Waals surface area contributed by atoms with Gasteiger partial charge in [-0.05, 0) is 47.5 Å².